The number of nitrogen functional groups attached to an aromatic ring is 1. The van der Waals surface area contributed by atoms with Crippen molar-refractivity contribution in [3.8, 4) is 0 Å². The monoisotopic (exact) mass is 316 g/mol. The van der Waals surface area contributed by atoms with Crippen LogP contribution in [0.4, 0.5) is 11.4 Å². The highest BCUT2D eigenvalue weighted by Crippen LogP contribution is 2.27. The average Bonchev–Trinajstić information content (AvgIpc) is 2.98. The number of fused-ring (bicyclic) bond motifs is 3. The molecule has 5 heteroatoms. The van der Waals surface area contributed by atoms with E-state index in [1.54, 1.807) is 24.3 Å². The molecule has 118 valence electrons. The number of hydrogen-bond donors (Lipinski definition) is 4. The third-order valence-corrected chi connectivity index (χ3v) is 4.00. The zero-order valence-electron chi connectivity index (χ0n) is 12.8. The summed E-state index contributed by atoms with van der Waals surface area (Å²) in [6.45, 7) is 0. The van der Waals surface area contributed by atoms with E-state index < -0.39 is 0 Å². The quantitative estimate of drug-likeness (QED) is 0.344. The van der Waals surface area contributed by atoms with Gasteiger partial charge in [0.25, 0.3) is 5.91 Å². The molecule has 24 heavy (non-hydrogen) atoms. The van der Waals surface area contributed by atoms with Gasteiger partial charge >= 0.3 is 0 Å². The number of nitrogens with one attached hydrogen (secondary N) is 3. The lowest BCUT2D eigenvalue weighted by Gasteiger charge is -2.09. The Kier molecular flexibility index (Phi) is 3.31. The third-order valence-electron chi connectivity index (χ3n) is 4.00. The molecule has 1 heterocycles. The number of para-hydroxylation sites is 1. The van der Waals surface area contributed by atoms with Gasteiger partial charge in [0.1, 0.15) is 0 Å². The first-order valence-electron chi connectivity index (χ1n) is 7.63. The van der Waals surface area contributed by atoms with Gasteiger partial charge in [0, 0.05) is 33.1 Å². The van der Waals surface area contributed by atoms with E-state index >= 15 is 0 Å². The van der Waals surface area contributed by atoms with Crippen LogP contribution in [0.5, 0.6) is 0 Å². The van der Waals surface area contributed by atoms with Crippen molar-refractivity contribution in [1.82, 2.24) is 10.4 Å². The number of aromatic nitrogens is 1. The molecule has 0 atom stereocenters. The number of aromatic amines is 1. The second-order valence-corrected chi connectivity index (χ2v) is 5.63. The van der Waals surface area contributed by atoms with Crippen LogP contribution in [0.15, 0.2) is 66.7 Å². The molecule has 0 unspecified atom stereocenters. The van der Waals surface area contributed by atoms with E-state index in [2.05, 4.69) is 21.9 Å². The molecule has 0 saturated carbocycles. The minimum absolute atomic E-state index is 0.214. The van der Waals surface area contributed by atoms with Gasteiger partial charge in [-0.3, -0.25) is 15.6 Å². The van der Waals surface area contributed by atoms with E-state index in [1.165, 1.54) is 0 Å². The molecule has 1 aromatic heterocycles. The topological polar surface area (TPSA) is 82.9 Å². The van der Waals surface area contributed by atoms with Crippen molar-refractivity contribution in [1.29, 1.82) is 0 Å². The molecular formula is C19H16N4O. The van der Waals surface area contributed by atoms with E-state index in [9.17, 15) is 4.79 Å². The van der Waals surface area contributed by atoms with Gasteiger partial charge in [-0.25, -0.2) is 0 Å². The number of carbonyl (C=O) groups is 1. The van der Waals surface area contributed by atoms with Crippen molar-refractivity contribution < 1.29 is 4.79 Å². The van der Waals surface area contributed by atoms with Crippen LogP contribution in [-0.4, -0.2) is 10.9 Å². The van der Waals surface area contributed by atoms with Crippen molar-refractivity contribution in [3.05, 3.63) is 72.3 Å². The van der Waals surface area contributed by atoms with Crippen molar-refractivity contribution in [2.24, 2.45) is 0 Å². The molecule has 4 aromatic rings. The Morgan fingerprint density at radius 1 is 0.875 bits per heavy atom. The maximum Gasteiger partial charge on any atom is 0.269 e. The van der Waals surface area contributed by atoms with Crippen molar-refractivity contribution in [3.63, 3.8) is 0 Å². The fourth-order valence-electron chi connectivity index (χ4n) is 2.76. The predicted molar refractivity (Wildman–Crippen MR) is 97.7 cm³/mol. The van der Waals surface area contributed by atoms with Gasteiger partial charge in [-0.05, 0) is 48.5 Å². The number of anilines is 2. The van der Waals surface area contributed by atoms with Gasteiger partial charge in [-0.1, -0.05) is 18.2 Å². The summed E-state index contributed by atoms with van der Waals surface area (Å²) in [5.74, 6) is -0.214. The van der Waals surface area contributed by atoms with Gasteiger partial charge in [0.05, 0.1) is 5.69 Å². The number of benzene rings is 3. The van der Waals surface area contributed by atoms with Crippen LogP contribution in [0.25, 0.3) is 21.8 Å². The van der Waals surface area contributed by atoms with Crippen LogP contribution in [0.3, 0.4) is 0 Å². The first-order valence-corrected chi connectivity index (χ1v) is 7.63. The number of nitrogens with two attached hydrogens (primary N) is 1. The molecule has 0 spiro atoms. The number of hydrogen-bond acceptors (Lipinski definition) is 3. The molecular weight excluding hydrogens is 300 g/mol. The van der Waals surface area contributed by atoms with Gasteiger partial charge in [0.2, 0.25) is 0 Å². The second-order valence-electron chi connectivity index (χ2n) is 5.63. The molecule has 3 aromatic carbocycles. The van der Waals surface area contributed by atoms with E-state index in [0.717, 1.165) is 27.5 Å². The van der Waals surface area contributed by atoms with Gasteiger partial charge < -0.3 is 10.7 Å². The van der Waals surface area contributed by atoms with E-state index in [-0.39, 0.29) is 5.91 Å². The van der Waals surface area contributed by atoms with E-state index in [1.807, 2.05) is 36.4 Å². The summed E-state index contributed by atoms with van der Waals surface area (Å²) >= 11 is 0. The third kappa shape index (κ3) is 2.52. The average molecular weight is 316 g/mol. The molecule has 5 N–H and O–H groups in total. The number of hydrazine groups is 1. The zero-order chi connectivity index (χ0) is 16.5. The molecule has 0 aliphatic carbocycles. The SMILES string of the molecule is Nc1ccc(C(=O)NNc2ccc3[nH]c4ccccc4c3c2)cc1. The van der Waals surface area contributed by atoms with Gasteiger partial charge in [0.15, 0.2) is 0 Å². The van der Waals surface area contributed by atoms with Crippen LogP contribution in [0.1, 0.15) is 10.4 Å². The smallest absolute Gasteiger partial charge is 0.269 e. The molecule has 5 nitrogen and oxygen atoms in total. The predicted octanol–water partition coefficient (Wildman–Crippen LogP) is 3.66. The number of amides is 1. The second kappa shape index (κ2) is 5.62. The first kappa shape index (κ1) is 14.1. The fourth-order valence-corrected chi connectivity index (χ4v) is 2.76. The minimum Gasteiger partial charge on any atom is -0.399 e. The molecule has 0 radical (unpaired) electrons. The Bertz CT molecular complexity index is 1030. The maximum atomic E-state index is 12.1. The maximum absolute atomic E-state index is 12.1. The number of carbonyl (C=O) groups excluding carboxylic acids is 1. The summed E-state index contributed by atoms with van der Waals surface area (Å²) < 4.78 is 0. The Hall–Kier alpha value is -3.47. The Morgan fingerprint density at radius 3 is 2.46 bits per heavy atom. The number of rotatable bonds is 3. The fraction of sp³-hybridized carbons (Fsp3) is 0. The highest BCUT2D eigenvalue weighted by atomic mass is 16.2. The Labute approximate surface area is 138 Å². The van der Waals surface area contributed by atoms with Gasteiger partial charge in [-0.2, -0.15) is 0 Å². The molecule has 0 fully saturated rings. The lowest BCUT2D eigenvalue weighted by atomic mass is 10.1. The van der Waals surface area contributed by atoms with Crippen LogP contribution in [-0.2, 0) is 0 Å². The molecule has 0 aliphatic heterocycles. The summed E-state index contributed by atoms with van der Waals surface area (Å²) in [7, 11) is 0. The Morgan fingerprint density at radius 2 is 1.62 bits per heavy atom. The summed E-state index contributed by atoms with van der Waals surface area (Å²) in [5, 5.41) is 2.26. The first-order chi connectivity index (χ1) is 11.7. The van der Waals surface area contributed by atoms with Gasteiger partial charge in [-0.15, -0.1) is 0 Å². The van der Waals surface area contributed by atoms with Crippen LogP contribution < -0.4 is 16.6 Å². The van der Waals surface area contributed by atoms with Crippen LogP contribution >= 0.6 is 0 Å². The van der Waals surface area contributed by atoms with Crippen molar-refractivity contribution >= 4 is 39.1 Å². The minimum atomic E-state index is -0.214. The normalized spacial score (nSPS) is 10.8. The molecule has 0 saturated heterocycles. The lowest BCUT2D eigenvalue weighted by Crippen LogP contribution is -2.29. The summed E-state index contributed by atoms with van der Waals surface area (Å²) in [4.78, 5) is 15.5. The Balaban J connectivity index is 1.57. The highest BCUT2D eigenvalue weighted by Gasteiger charge is 2.07. The molecule has 0 bridgehead atoms. The lowest BCUT2D eigenvalue weighted by molar-refractivity contribution is 0.0962. The summed E-state index contributed by atoms with van der Waals surface area (Å²) in [5.41, 5.74) is 15.4. The zero-order valence-corrected chi connectivity index (χ0v) is 12.8. The van der Waals surface area contributed by atoms with Crippen molar-refractivity contribution in [2.75, 3.05) is 11.2 Å². The summed E-state index contributed by atoms with van der Waals surface area (Å²) in [6.07, 6.45) is 0. The summed E-state index contributed by atoms with van der Waals surface area (Å²) in [6, 6.07) is 20.8. The highest BCUT2D eigenvalue weighted by molar-refractivity contribution is 6.08. The standard InChI is InChI=1S/C19H16N4O/c20-13-7-5-12(6-8-13)19(24)23-22-14-9-10-18-16(11-14)15-3-1-2-4-17(15)21-18/h1-11,21-22H,20H2,(H,23,24). The number of H-pyrrole nitrogens is 1. The van der Waals surface area contributed by atoms with E-state index in [0.29, 0.717) is 11.3 Å². The molecule has 4 rings (SSSR count). The van der Waals surface area contributed by atoms with Crippen LogP contribution in [0, 0.1) is 0 Å². The van der Waals surface area contributed by atoms with E-state index in [4.69, 9.17) is 5.73 Å². The molecule has 1 amide bonds. The largest absolute Gasteiger partial charge is 0.399 e. The van der Waals surface area contributed by atoms with Crippen LogP contribution in [0.2, 0.25) is 0 Å². The molecule has 0 aliphatic rings. The van der Waals surface area contributed by atoms with Crippen molar-refractivity contribution in [2.45, 2.75) is 0 Å².